The lowest BCUT2D eigenvalue weighted by atomic mass is 10.1. The predicted octanol–water partition coefficient (Wildman–Crippen LogP) is 6.95. The highest BCUT2D eigenvalue weighted by atomic mass is 35.5. The number of halogens is 3. The average Bonchev–Trinajstić information content (AvgIpc) is 3.36. The van der Waals surface area contributed by atoms with Crippen molar-refractivity contribution in [2.24, 2.45) is 0 Å². The van der Waals surface area contributed by atoms with Gasteiger partial charge in [-0.1, -0.05) is 23.7 Å². The molecule has 0 radical (unpaired) electrons. The summed E-state index contributed by atoms with van der Waals surface area (Å²) < 4.78 is 0. The number of benzene rings is 2. The van der Waals surface area contributed by atoms with Gasteiger partial charge in [0, 0.05) is 45.1 Å². The Kier molecular flexibility index (Phi) is 7.49. The van der Waals surface area contributed by atoms with Crippen molar-refractivity contribution in [3.63, 3.8) is 0 Å². The minimum Gasteiger partial charge on any atom is -0.341 e. The van der Waals surface area contributed by atoms with Crippen LogP contribution in [0.25, 0.3) is 33.2 Å². The average molecular weight is 538 g/mol. The quantitative estimate of drug-likeness (QED) is 0.219. The summed E-state index contributed by atoms with van der Waals surface area (Å²) in [4.78, 5) is 25.2. The highest BCUT2D eigenvalue weighted by Crippen LogP contribution is 2.34. The third-order valence-corrected chi connectivity index (χ3v) is 5.70. The first-order valence-corrected chi connectivity index (χ1v) is 10.9. The van der Waals surface area contributed by atoms with Crippen LogP contribution in [0.1, 0.15) is 0 Å². The van der Waals surface area contributed by atoms with Gasteiger partial charge in [0.15, 0.2) is 5.65 Å². The van der Waals surface area contributed by atoms with E-state index in [-0.39, 0.29) is 24.8 Å². The Labute approximate surface area is 223 Å². The maximum absolute atomic E-state index is 6.02. The number of hydrogen-bond acceptors (Lipinski definition) is 7. The number of nitrogens with zero attached hydrogens (tertiary/aromatic N) is 5. The lowest BCUT2D eigenvalue weighted by molar-refractivity contribution is 1.19. The van der Waals surface area contributed by atoms with Crippen LogP contribution in [0.15, 0.2) is 85.7 Å². The van der Waals surface area contributed by atoms with E-state index in [1.54, 1.807) is 18.7 Å². The monoisotopic (exact) mass is 536 g/mol. The molecule has 0 bridgehead atoms. The summed E-state index contributed by atoms with van der Waals surface area (Å²) in [6.45, 7) is 0. The Morgan fingerprint density at radius 3 is 2.39 bits per heavy atom. The second kappa shape index (κ2) is 10.7. The third kappa shape index (κ3) is 4.74. The fourth-order valence-corrected chi connectivity index (χ4v) is 4.00. The van der Waals surface area contributed by atoms with Crippen molar-refractivity contribution in [3.8, 4) is 11.3 Å². The molecular weight excluding hydrogens is 519 g/mol. The van der Waals surface area contributed by atoms with Gasteiger partial charge in [-0.2, -0.15) is 0 Å². The molecule has 0 fully saturated rings. The van der Waals surface area contributed by atoms with Crippen molar-refractivity contribution in [3.05, 3.63) is 90.7 Å². The van der Waals surface area contributed by atoms with Gasteiger partial charge in [-0.15, -0.1) is 24.8 Å². The Morgan fingerprint density at radius 1 is 0.694 bits per heavy atom. The molecule has 6 aromatic rings. The fraction of sp³-hybridized carbons (Fsp3) is 0. The van der Waals surface area contributed by atoms with E-state index in [2.05, 4.69) is 40.5 Å². The van der Waals surface area contributed by atoms with Crippen LogP contribution in [0.3, 0.4) is 0 Å². The maximum Gasteiger partial charge on any atom is 0.181 e. The zero-order valence-electron chi connectivity index (χ0n) is 18.5. The summed E-state index contributed by atoms with van der Waals surface area (Å²) in [7, 11) is 0. The summed E-state index contributed by atoms with van der Waals surface area (Å²) >= 11 is 6.02. The predicted molar refractivity (Wildman–Crippen MR) is 149 cm³/mol. The number of anilines is 4. The molecule has 0 unspecified atom stereocenters. The molecule has 0 spiro atoms. The number of rotatable bonds is 5. The zero-order valence-corrected chi connectivity index (χ0v) is 20.9. The van der Waals surface area contributed by atoms with E-state index < -0.39 is 0 Å². The van der Waals surface area contributed by atoms with Crippen molar-refractivity contribution in [2.75, 3.05) is 10.6 Å². The minimum absolute atomic E-state index is 0. The van der Waals surface area contributed by atoms with Crippen molar-refractivity contribution >= 4 is 81.4 Å². The smallest absolute Gasteiger partial charge is 0.181 e. The van der Waals surface area contributed by atoms with E-state index in [4.69, 9.17) is 11.6 Å². The minimum atomic E-state index is 0. The molecule has 3 N–H and O–H groups in total. The van der Waals surface area contributed by atoms with E-state index >= 15 is 0 Å². The van der Waals surface area contributed by atoms with Gasteiger partial charge in [-0.3, -0.25) is 0 Å². The van der Waals surface area contributed by atoms with Crippen LogP contribution < -0.4 is 10.6 Å². The lowest BCUT2D eigenvalue weighted by Crippen LogP contribution is -2.00. The molecule has 0 aliphatic heterocycles. The summed E-state index contributed by atoms with van der Waals surface area (Å²) in [6.07, 6.45) is 6.65. The summed E-state index contributed by atoms with van der Waals surface area (Å²) in [6, 6.07) is 19.4. The molecule has 0 saturated carbocycles. The van der Waals surface area contributed by atoms with E-state index in [1.807, 2.05) is 60.7 Å². The number of pyridine rings is 2. The largest absolute Gasteiger partial charge is 0.341 e. The molecule has 0 atom stereocenters. The van der Waals surface area contributed by atoms with Gasteiger partial charge in [-0.25, -0.2) is 24.9 Å². The highest BCUT2D eigenvalue weighted by molar-refractivity contribution is 6.30. The van der Waals surface area contributed by atoms with E-state index in [0.717, 1.165) is 44.7 Å². The molecule has 0 saturated heterocycles. The van der Waals surface area contributed by atoms with Crippen LogP contribution >= 0.6 is 36.4 Å². The summed E-state index contributed by atoms with van der Waals surface area (Å²) in [5, 5.41) is 9.52. The van der Waals surface area contributed by atoms with Crippen LogP contribution in [0, 0.1) is 0 Å². The molecule has 36 heavy (non-hydrogen) atoms. The molecule has 4 aromatic heterocycles. The van der Waals surface area contributed by atoms with Crippen LogP contribution in [0.2, 0.25) is 5.02 Å². The SMILES string of the molecule is Cl.Cl.Clc1ccc(Nc2nccc3c(Nc4ncccc4-c4ncnc5nc[nH]c45)cccc23)cc1. The maximum atomic E-state index is 6.02. The van der Waals surface area contributed by atoms with Gasteiger partial charge in [0.2, 0.25) is 0 Å². The molecule has 180 valence electrons. The molecule has 2 aromatic carbocycles. The number of nitrogens with one attached hydrogen (secondary N) is 3. The second-order valence-electron chi connectivity index (χ2n) is 7.54. The van der Waals surface area contributed by atoms with Crippen molar-refractivity contribution < 1.29 is 0 Å². The second-order valence-corrected chi connectivity index (χ2v) is 7.98. The lowest BCUT2D eigenvalue weighted by Gasteiger charge is -2.14. The summed E-state index contributed by atoms with van der Waals surface area (Å²) in [5.41, 5.74) is 4.73. The molecule has 11 heteroatoms. The number of hydrogen-bond donors (Lipinski definition) is 3. The topological polar surface area (TPSA) is 104 Å². The Morgan fingerprint density at radius 2 is 1.53 bits per heavy atom. The molecule has 0 aliphatic carbocycles. The zero-order chi connectivity index (χ0) is 22.9. The van der Waals surface area contributed by atoms with Crippen molar-refractivity contribution in [2.45, 2.75) is 0 Å². The third-order valence-electron chi connectivity index (χ3n) is 5.45. The van der Waals surface area contributed by atoms with Crippen LogP contribution in [0.5, 0.6) is 0 Å². The molecule has 0 aliphatic rings. The Hall–Kier alpha value is -3.98. The number of imidazole rings is 1. The Balaban J connectivity index is 0.00000152. The molecule has 8 nitrogen and oxygen atoms in total. The first kappa shape index (κ1) is 25.1. The van der Waals surface area contributed by atoms with Gasteiger partial charge in [-0.05, 0) is 48.5 Å². The molecular formula is C25H19Cl3N8. The van der Waals surface area contributed by atoms with E-state index in [9.17, 15) is 0 Å². The van der Waals surface area contributed by atoms with Crippen molar-refractivity contribution in [1.82, 2.24) is 29.9 Å². The van der Waals surface area contributed by atoms with Gasteiger partial charge in [0.05, 0.1) is 6.33 Å². The van der Waals surface area contributed by atoms with Gasteiger partial charge < -0.3 is 15.6 Å². The molecule has 4 heterocycles. The molecule has 6 rings (SSSR count). The van der Waals surface area contributed by atoms with Crippen molar-refractivity contribution in [1.29, 1.82) is 0 Å². The number of aromatic amines is 1. The van der Waals surface area contributed by atoms with Gasteiger partial charge in [0.25, 0.3) is 0 Å². The summed E-state index contributed by atoms with van der Waals surface area (Å²) in [5.74, 6) is 1.42. The first-order valence-electron chi connectivity index (χ1n) is 10.5. The molecule has 0 amide bonds. The van der Waals surface area contributed by atoms with Crippen LogP contribution in [-0.2, 0) is 0 Å². The van der Waals surface area contributed by atoms with Gasteiger partial charge >= 0.3 is 0 Å². The van der Waals surface area contributed by atoms with E-state index in [0.29, 0.717) is 16.5 Å². The first-order chi connectivity index (χ1) is 16.8. The number of H-pyrrole nitrogens is 1. The van der Waals surface area contributed by atoms with E-state index in [1.165, 1.54) is 6.33 Å². The standard InChI is InChI=1S/C25H17ClN8.2ClH/c26-15-6-8-16(9-7-15)33-23-18-3-1-5-20(17(18)10-12-28-23)34-24-19(4-2-11-27-24)21-22-25(31-13-29-21)32-14-30-22;;/h1-14H,(H,27,34)(H,28,33)(H,29,30,31,32);2*1H. The normalized spacial score (nSPS) is 10.5. The van der Waals surface area contributed by atoms with Crippen LogP contribution in [-0.4, -0.2) is 29.9 Å². The van der Waals surface area contributed by atoms with Crippen LogP contribution in [0.4, 0.5) is 23.0 Å². The highest BCUT2D eigenvalue weighted by Gasteiger charge is 2.15. The number of fused-ring (bicyclic) bond motifs is 2. The Bertz CT molecular complexity index is 1640. The number of aromatic nitrogens is 6. The fourth-order valence-electron chi connectivity index (χ4n) is 3.88. The van der Waals surface area contributed by atoms with Gasteiger partial charge in [0.1, 0.15) is 29.2 Å².